The molecule has 0 saturated heterocycles. The summed E-state index contributed by atoms with van der Waals surface area (Å²) in [4.78, 5) is 2.37. The molecule has 0 atom stereocenters. The molecule has 0 saturated carbocycles. The van der Waals surface area contributed by atoms with Crippen molar-refractivity contribution in [3.8, 4) is 50.2 Å². The molecule has 2 heterocycles. The van der Waals surface area contributed by atoms with Gasteiger partial charge in [-0.2, -0.15) is 0 Å². The Morgan fingerprint density at radius 2 is 0.776 bits per heavy atom. The van der Waals surface area contributed by atoms with Gasteiger partial charge in [0.1, 0.15) is 11.2 Å². The molecule has 0 radical (unpaired) electrons. The summed E-state index contributed by atoms with van der Waals surface area (Å²) in [6.07, 6.45) is 0. The van der Waals surface area contributed by atoms with Crippen molar-refractivity contribution >= 4 is 71.6 Å². The topological polar surface area (TPSA) is 21.3 Å². The number of hydrogen-bond acceptors (Lipinski definition) is 2. The van der Waals surface area contributed by atoms with E-state index >= 15 is 0 Å². The molecule has 0 N–H and O–H groups in total. The van der Waals surface area contributed by atoms with Gasteiger partial charge in [0, 0.05) is 49.7 Å². The van der Waals surface area contributed by atoms with Crippen molar-refractivity contribution < 1.29 is 4.42 Å². The minimum atomic E-state index is 0.873. The number of para-hydroxylation sites is 6. The van der Waals surface area contributed by atoms with Crippen molar-refractivity contribution in [2.75, 3.05) is 4.90 Å². The van der Waals surface area contributed by atoms with Crippen LogP contribution in [-0.4, -0.2) is 4.57 Å². The zero-order valence-electron chi connectivity index (χ0n) is 36.6. The molecule has 0 amide bonds. The average Bonchev–Trinajstić information content (AvgIpc) is 3.95. The predicted octanol–water partition coefficient (Wildman–Crippen LogP) is 18.0. The summed E-state index contributed by atoms with van der Waals surface area (Å²) in [7, 11) is 0. The van der Waals surface area contributed by atoms with Gasteiger partial charge in [0.15, 0.2) is 0 Å². The van der Waals surface area contributed by atoms with Crippen LogP contribution in [0.4, 0.5) is 17.1 Å². The number of hydrogen-bond donors (Lipinski definition) is 0. The monoisotopic (exact) mass is 854 g/mol. The number of fused-ring (bicyclic) bond motifs is 7. The fourth-order valence-electron chi connectivity index (χ4n) is 10.4. The Kier molecular flexibility index (Phi) is 9.17. The van der Waals surface area contributed by atoms with Crippen molar-refractivity contribution in [3.05, 3.63) is 255 Å². The van der Waals surface area contributed by atoms with Gasteiger partial charge in [-0.15, -0.1) is 0 Å². The van der Waals surface area contributed by atoms with Gasteiger partial charge in [-0.3, -0.25) is 0 Å². The van der Waals surface area contributed by atoms with Crippen LogP contribution in [0, 0.1) is 0 Å². The van der Waals surface area contributed by atoms with Gasteiger partial charge in [-0.25, -0.2) is 0 Å². The first-order chi connectivity index (χ1) is 33.3. The highest BCUT2D eigenvalue weighted by molar-refractivity contribution is 6.13. The molecule has 0 bridgehead atoms. The van der Waals surface area contributed by atoms with E-state index in [0.717, 1.165) is 66.9 Å². The van der Waals surface area contributed by atoms with E-state index in [0.29, 0.717) is 0 Å². The van der Waals surface area contributed by atoms with Gasteiger partial charge in [0.2, 0.25) is 0 Å². The van der Waals surface area contributed by atoms with E-state index in [1.807, 2.05) is 6.07 Å². The summed E-state index contributed by atoms with van der Waals surface area (Å²) in [6.45, 7) is 0. The van der Waals surface area contributed by atoms with E-state index in [-0.39, 0.29) is 0 Å². The highest BCUT2D eigenvalue weighted by atomic mass is 16.3. The van der Waals surface area contributed by atoms with Crippen molar-refractivity contribution in [2.45, 2.75) is 0 Å². The lowest BCUT2D eigenvalue weighted by Crippen LogP contribution is -2.10. The van der Waals surface area contributed by atoms with Crippen LogP contribution in [-0.2, 0) is 0 Å². The Morgan fingerprint density at radius 3 is 1.48 bits per heavy atom. The van der Waals surface area contributed by atoms with Crippen LogP contribution in [0.1, 0.15) is 0 Å². The van der Waals surface area contributed by atoms with Crippen molar-refractivity contribution in [3.63, 3.8) is 0 Å². The maximum Gasteiger partial charge on any atom is 0.143 e. The zero-order chi connectivity index (χ0) is 44.3. The second-order valence-corrected chi connectivity index (χ2v) is 17.2. The molecular formula is C64H42N2O. The summed E-state index contributed by atoms with van der Waals surface area (Å²) in [5, 5.41) is 7.15. The highest BCUT2D eigenvalue weighted by Gasteiger charge is 2.23. The third-order valence-electron chi connectivity index (χ3n) is 13.4. The summed E-state index contributed by atoms with van der Waals surface area (Å²) in [5.41, 5.74) is 17.6. The second kappa shape index (κ2) is 16.0. The Hall–Kier alpha value is -8.92. The summed E-state index contributed by atoms with van der Waals surface area (Å²) in [6, 6.07) is 91.8. The Bertz CT molecular complexity index is 3920. The van der Waals surface area contributed by atoms with Crippen LogP contribution in [0.2, 0.25) is 0 Å². The molecular weight excluding hydrogens is 813 g/mol. The number of aromatic nitrogens is 1. The molecule has 13 aromatic rings. The van der Waals surface area contributed by atoms with Crippen LogP contribution in [0.3, 0.4) is 0 Å². The van der Waals surface area contributed by atoms with Crippen LogP contribution in [0.15, 0.2) is 259 Å². The van der Waals surface area contributed by atoms with Gasteiger partial charge in [0.05, 0.1) is 16.7 Å². The maximum atomic E-state index is 6.82. The lowest BCUT2D eigenvalue weighted by atomic mass is 9.91. The van der Waals surface area contributed by atoms with E-state index in [9.17, 15) is 0 Å². The average molecular weight is 855 g/mol. The lowest BCUT2D eigenvalue weighted by molar-refractivity contribution is 0.670. The number of anilines is 3. The van der Waals surface area contributed by atoms with Gasteiger partial charge in [-0.1, -0.05) is 194 Å². The molecule has 0 unspecified atom stereocenters. The second-order valence-electron chi connectivity index (χ2n) is 17.2. The molecule has 67 heavy (non-hydrogen) atoms. The van der Waals surface area contributed by atoms with E-state index in [1.165, 1.54) is 54.8 Å². The molecule has 3 heteroatoms. The molecule has 0 aliphatic heterocycles. The summed E-state index contributed by atoms with van der Waals surface area (Å²) >= 11 is 0. The van der Waals surface area contributed by atoms with Crippen LogP contribution < -0.4 is 4.90 Å². The Morgan fingerprint density at radius 1 is 0.284 bits per heavy atom. The maximum absolute atomic E-state index is 6.82. The largest absolute Gasteiger partial charge is 0.455 e. The SMILES string of the molecule is c1ccc(-c2ccc(-c3ccc(N(c4ccccc4)c4ccc(-c5ccccc5-n5c6ccccc6c6ccccc65)c(-c5cccc6c5oc5ccccc56)c4)cc3)c3ccccc23)cc1. The fraction of sp³-hybridized carbons (Fsp3) is 0. The number of rotatable bonds is 8. The van der Waals surface area contributed by atoms with Gasteiger partial charge < -0.3 is 13.9 Å². The molecule has 0 aliphatic carbocycles. The third kappa shape index (κ3) is 6.43. The van der Waals surface area contributed by atoms with Gasteiger partial charge in [0.25, 0.3) is 0 Å². The van der Waals surface area contributed by atoms with Crippen molar-refractivity contribution in [2.24, 2.45) is 0 Å². The Balaban J connectivity index is 1.01. The first-order valence-electron chi connectivity index (χ1n) is 22.9. The third-order valence-corrected chi connectivity index (χ3v) is 13.4. The minimum absolute atomic E-state index is 0.873. The van der Waals surface area contributed by atoms with E-state index in [2.05, 4.69) is 258 Å². The first kappa shape index (κ1) is 38.5. The standard InChI is InChI=1S/C64H42N2O/c1-3-18-43(19-4-1)48-40-41-49(51-23-8-7-22-50(48)51)44-34-36-46(37-35-44)65(45-20-5-2-6-21-45)47-38-39-52(59(42-47)58-29-17-28-57-56-27-12-16-33-63(56)67-64(57)58)53-24-9-13-30-60(53)66-61-31-14-10-25-54(61)55-26-11-15-32-62(55)66/h1-42H. The molecule has 13 rings (SSSR count). The minimum Gasteiger partial charge on any atom is -0.455 e. The van der Waals surface area contributed by atoms with Crippen LogP contribution in [0.25, 0.3) is 105 Å². The highest BCUT2D eigenvalue weighted by Crippen LogP contribution is 2.46. The first-order valence-corrected chi connectivity index (χ1v) is 22.9. The number of nitrogens with zero attached hydrogens (tertiary/aromatic N) is 2. The molecule has 2 aromatic heterocycles. The normalized spacial score (nSPS) is 11.6. The fourth-order valence-corrected chi connectivity index (χ4v) is 10.4. The zero-order valence-corrected chi connectivity index (χ0v) is 36.6. The molecule has 0 spiro atoms. The van der Waals surface area contributed by atoms with Gasteiger partial charge in [-0.05, 0) is 105 Å². The van der Waals surface area contributed by atoms with E-state index in [4.69, 9.17) is 4.42 Å². The van der Waals surface area contributed by atoms with Crippen molar-refractivity contribution in [1.82, 2.24) is 4.57 Å². The number of furan rings is 1. The Labute approximate surface area is 388 Å². The lowest BCUT2D eigenvalue weighted by Gasteiger charge is -2.27. The smallest absolute Gasteiger partial charge is 0.143 e. The molecule has 11 aromatic carbocycles. The van der Waals surface area contributed by atoms with Crippen LogP contribution in [0.5, 0.6) is 0 Å². The predicted molar refractivity (Wildman–Crippen MR) is 282 cm³/mol. The quantitative estimate of drug-likeness (QED) is 0.152. The van der Waals surface area contributed by atoms with Crippen molar-refractivity contribution in [1.29, 1.82) is 0 Å². The van der Waals surface area contributed by atoms with E-state index < -0.39 is 0 Å². The summed E-state index contributed by atoms with van der Waals surface area (Å²) in [5.74, 6) is 0. The molecule has 0 aliphatic rings. The van der Waals surface area contributed by atoms with Gasteiger partial charge >= 0.3 is 0 Å². The van der Waals surface area contributed by atoms with Crippen LogP contribution >= 0.6 is 0 Å². The molecule has 3 nitrogen and oxygen atoms in total. The summed E-state index contributed by atoms with van der Waals surface area (Å²) < 4.78 is 9.24. The molecule has 0 fully saturated rings. The van der Waals surface area contributed by atoms with E-state index in [1.54, 1.807) is 0 Å². The number of benzene rings is 11. The molecule has 314 valence electrons.